The molecule has 0 aromatic carbocycles. The van der Waals surface area contributed by atoms with Gasteiger partial charge in [0.25, 0.3) is 0 Å². The molecule has 0 amide bonds. The highest BCUT2D eigenvalue weighted by molar-refractivity contribution is 5.75. The Morgan fingerprint density at radius 3 is 2.37 bits per heavy atom. The molecule has 0 radical (unpaired) electrons. The van der Waals surface area contributed by atoms with Crippen molar-refractivity contribution in [2.75, 3.05) is 33.3 Å². The second-order valence-electron chi connectivity index (χ2n) is 4.91. The van der Waals surface area contributed by atoms with Crippen molar-refractivity contribution in [1.82, 2.24) is 10.2 Å². The van der Waals surface area contributed by atoms with Crippen molar-refractivity contribution in [2.24, 2.45) is 0 Å². The first kappa shape index (κ1) is 18.4. The summed E-state index contributed by atoms with van der Waals surface area (Å²) in [6.07, 6.45) is 5.63. The lowest BCUT2D eigenvalue weighted by Gasteiger charge is -2.21. The van der Waals surface area contributed by atoms with Crippen molar-refractivity contribution in [3.63, 3.8) is 0 Å². The van der Waals surface area contributed by atoms with Gasteiger partial charge in [-0.25, -0.2) is 0 Å². The summed E-state index contributed by atoms with van der Waals surface area (Å²) in [7, 11) is 1.47. The molecule has 0 aromatic heterocycles. The second-order valence-corrected chi connectivity index (χ2v) is 4.91. The molecule has 114 valence electrons. The van der Waals surface area contributed by atoms with Crippen LogP contribution in [0.4, 0.5) is 0 Å². The first-order valence-corrected chi connectivity index (χ1v) is 7.73. The van der Waals surface area contributed by atoms with Crippen LogP contribution < -0.4 is 5.32 Å². The maximum atomic E-state index is 11.7. The smallest absolute Gasteiger partial charge is 0.322 e. The molecule has 4 heteroatoms. The zero-order valence-electron chi connectivity index (χ0n) is 13.2. The highest BCUT2D eigenvalue weighted by Gasteiger charge is 2.17. The number of carbonyl (C=O) groups is 1. The lowest BCUT2D eigenvalue weighted by Crippen LogP contribution is -2.42. The third-order valence-electron chi connectivity index (χ3n) is 3.55. The molecule has 0 spiro atoms. The van der Waals surface area contributed by atoms with E-state index in [1.807, 2.05) is 0 Å². The van der Waals surface area contributed by atoms with Crippen LogP contribution in [-0.4, -0.2) is 50.2 Å². The number of nitrogens with zero attached hydrogens (tertiary/aromatic N) is 1. The fourth-order valence-corrected chi connectivity index (χ4v) is 2.16. The minimum absolute atomic E-state index is 0.129. The molecule has 0 aliphatic rings. The quantitative estimate of drug-likeness (QED) is 0.438. The predicted molar refractivity (Wildman–Crippen MR) is 80.4 cm³/mol. The largest absolute Gasteiger partial charge is 0.468 e. The number of hydrogen-bond donors (Lipinski definition) is 1. The van der Waals surface area contributed by atoms with E-state index in [1.165, 1.54) is 26.4 Å². The number of carbonyl (C=O) groups excluding carboxylic acids is 1. The van der Waals surface area contributed by atoms with Crippen LogP contribution in [0.15, 0.2) is 0 Å². The average molecular weight is 272 g/mol. The minimum Gasteiger partial charge on any atom is -0.468 e. The van der Waals surface area contributed by atoms with Crippen LogP contribution in [0.2, 0.25) is 0 Å². The van der Waals surface area contributed by atoms with E-state index >= 15 is 0 Å². The lowest BCUT2D eigenvalue weighted by atomic mass is 10.1. The molecule has 1 unspecified atom stereocenters. The van der Waals surface area contributed by atoms with Gasteiger partial charge in [0.2, 0.25) is 0 Å². The fraction of sp³-hybridized carbons (Fsp3) is 0.933. The third-order valence-corrected chi connectivity index (χ3v) is 3.55. The third kappa shape index (κ3) is 9.00. The minimum atomic E-state index is -0.141. The van der Waals surface area contributed by atoms with Crippen LogP contribution in [-0.2, 0) is 9.53 Å². The number of nitrogens with one attached hydrogen (secondary N) is 1. The van der Waals surface area contributed by atoms with E-state index in [1.54, 1.807) is 0 Å². The van der Waals surface area contributed by atoms with Gasteiger partial charge in [-0.05, 0) is 19.5 Å². The zero-order chi connectivity index (χ0) is 14.5. The first-order valence-electron chi connectivity index (χ1n) is 7.73. The fourth-order valence-electron chi connectivity index (χ4n) is 2.16. The number of rotatable bonds is 12. The molecule has 0 aliphatic heterocycles. The number of hydrogen-bond acceptors (Lipinski definition) is 4. The summed E-state index contributed by atoms with van der Waals surface area (Å²) in [4.78, 5) is 14.0. The van der Waals surface area contributed by atoms with E-state index < -0.39 is 0 Å². The molecule has 0 aliphatic carbocycles. The molecule has 1 atom stereocenters. The van der Waals surface area contributed by atoms with Crippen molar-refractivity contribution in [3.05, 3.63) is 0 Å². The SMILES string of the molecule is CCCCCCC(NCCN(CC)CC)C(=O)OC. The Kier molecular flexibility index (Phi) is 12.0. The average Bonchev–Trinajstić information content (AvgIpc) is 2.45. The van der Waals surface area contributed by atoms with Gasteiger partial charge in [0, 0.05) is 13.1 Å². The molecule has 0 aromatic rings. The van der Waals surface area contributed by atoms with E-state index in [4.69, 9.17) is 4.74 Å². The Bertz CT molecular complexity index is 218. The highest BCUT2D eigenvalue weighted by Crippen LogP contribution is 2.06. The van der Waals surface area contributed by atoms with Crippen molar-refractivity contribution >= 4 is 5.97 Å². The van der Waals surface area contributed by atoms with Crippen LogP contribution in [0.5, 0.6) is 0 Å². The van der Waals surface area contributed by atoms with Gasteiger partial charge in [0.1, 0.15) is 6.04 Å². The molecule has 0 rings (SSSR count). The topological polar surface area (TPSA) is 41.6 Å². The van der Waals surface area contributed by atoms with Gasteiger partial charge in [0.05, 0.1) is 7.11 Å². The molecule has 0 fully saturated rings. The van der Waals surface area contributed by atoms with E-state index in [-0.39, 0.29) is 12.0 Å². The number of likely N-dealkylation sites (N-methyl/N-ethyl adjacent to an activating group) is 1. The number of esters is 1. The summed E-state index contributed by atoms with van der Waals surface area (Å²) < 4.78 is 4.86. The molecule has 19 heavy (non-hydrogen) atoms. The van der Waals surface area contributed by atoms with Crippen LogP contribution in [0, 0.1) is 0 Å². The molecule has 1 N–H and O–H groups in total. The first-order chi connectivity index (χ1) is 9.19. The van der Waals surface area contributed by atoms with Crippen molar-refractivity contribution in [1.29, 1.82) is 0 Å². The Hall–Kier alpha value is -0.610. The molecule has 0 heterocycles. The van der Waals surface area contributed by atoms with Crippen molar-refractivity contribution < 1.29 is 9.53 Å². The van der Waals surface area contributed by atoms with Crippen LogP contribution in [0.1, 0.15) is 52.9 Å². The molecule has 0 saturated heterocycles. The Labute approximate surface area is 118 Å². The molecular weight excluding hydrogens is 240 g/mol. The van der Waals surface area contributed by atoms with Crippen molar-refractivity contribution in [3.8, 4) is 0 Å². The maximum Gasteiger partial charge on any atom is 0.322 e. The summed E-state index contributed by atoms with van der Waals surface area (Å²) in [5, 5.41) is 3.33. The number of ether oxygens (including phenoxy) is 1. The summed E-state index contributed by atoms with van der Waals surface area (Å²) in [5.41, 5.74) is 0. The second kappa shape index (κ2) is 12.4. The van der Waals surface area contributed by atoms with Crippen LogP contribution >= 0.6 is 0 Å². The van der Waals surface area contributed by atoms with Gasteiger partial charge in [0.15, 0.2) is 0 Å². The van der Waals surface area contributed by atoms with E-state index in [0.717, 1.165) is 39.0 Å². The normalized spacial score (nSPS) is 12.7. The summed E-state index contributed by atoms with van der Waals surface area (Å²) in [5.74, 6) is -0.129. The van der Waals surface area contributed by atoms with E-state index in [2.05, 4.69) is 31.0 Å². The van der Waals surface area contributed by atoms with Gasteiger partial charge in [-0.1, -0.05) is 46.5 Å². The molecular formula is C15H32N2O2. The summed E-state index contributed by atoms with van der Waals surface area (Å²) >= 11 is 0. The molecule has 4 nitrogen and oxygen atoms in total. The lowest BCUT2D eigenvalue weighted by molar-refractivity contribution is -0.143. The summed E-state index contributed by atoms with van der Waals surface area (Å²) in [6, 6.07) is -0.141. The van der Waals surface area contributed by atoms with Gasteiger partial charge in [-0.2, -0.15) is 0 Å². The monoisotopic (exact) mass is 272 g/mol. The predicted octanol–water partition coefficient (Wildman–Crippen LogP) is 2.43. The highest BCUT2D eigenvalue weighted by atomic mass is 16.5. The molecule has 0 bridgehead atoms. The van der Waals surface area contributed by atoms with Crippen molar-refractivity contribution in [2.45, 2.75) is 58.9 Å². The zero-order valence-corrected chi connectivity index (χ0v) is 13.2. The van der Waals surface area contributed by atoms with Gasteiger partial charge >= 0.3 is 5.97 Å². The van der Waals surface area contributed by atoms with Crippen LogP contribution in [0.3, 0.4) is 0 Å². The van der Waals surface area contributed by atoms with E-state index in [0.29, 0.717) is 0 Å². The number of methoxy groups -OCH3 is 1. The van der Waals surface area contributed by atoms with Gasteiger partial charge in [-0.15, -0.1) is 0 Å². The van der Waals surface area contributed by atoms with Gasteiger partial charge in [-0.3, -0.25) is 4.79 Å². The standard InChI is InChI=1S/C15H32N2O2/c1-5-8-9-10-11-14(15(18)19-4)16-12-13-17(6-2)7-3/h14,16H,5-13H2,1-4H3. The van der Waals surface area contributed by atoms with Gasteiger partial charge < -0.3 is 15.0 Å². The van der Waals surface area contributed by atoms with E-state index in [9.17, 15) is 4.79 Å². The Morgan fingerprint density at radius 1 is 1.16 bits per heavy atom. The number of unbranched alkanes of at least 4 members (excludes halogenated alkanes) is 3. The Morgan fingerprint density at radius 2 is 1.84 bits per heavy atom. The maximum absolute atomic E-state index is 11.7. The van der Waals surface area contributed by atoms with Crippen LogP contribution in [0.25, 0.3) is 0 Å². The molecule has 0 saturated carbocycles. The summed E-state index contributed by atoms with van der Waals surface area (Å²) in [6.45, 7) is 10.4. The Balaban J connectivity index is 3.95.